The topological polar surface area (TPSA) is 12.0 Å². The molecule has 0 aromatic rings. The molecule has 2 heterocycles. The zero-order chi connectivity index (χ0) is 8.07. The van der Waals surface area contributed by atoms with Crippen molar-refractivity contribution in [3.63, 3.8) is 0 Å². The lowest BCUT2D eigenvalue weighted by atomic mass is 9.70. The van der Waals surface area contributed by atoms with Crippen molar-refractivity contribution in [2.45, 2.75) is 25.7 Å². The van der Waals surface area contributed by atoms with Crippen molar-refractivity contribution in [2.75, 3.05) is 24.6 Å². The number of nitrogens with one attached hydrogen (secondary N) is 1. The second kappa shape index (κ2) is 2.42. The Bertz CT molecular complexity index is 192. The van der Waals surface area contributed by atoms with Crippen molar-refractivity contribution in [3.05, 3.63) is 0 Å². The van der Waals surface area contributed by atoms with Crippen LogP contribution in [-0.2, 0) is 0 Å². The van der Waals surface area contributed by atoms with Gasteiger partial charge >= 0.3 is 0 Å². The molecule has 1 atom stereocenters. The predicted molar refractivity (Wildman–Crippen MR) is 53.5 cm³/mol. The fourth-order valence-corrected chi connectivity index (χ4v) is 4.85. The van der Waals surface area contributed by atoms with Crippen LogP contribution in [0, 0.1) is 10.8 Å². The minimum atomic E-state index is 0.748. The molecule has 2 heteroatoms. The molecule has 0 amide bonds. The molecule has 1 aliphatic carbocycles. The van der Waals surface area contributed by atoms with Gasteiger partial charge in [0.2, 0.25) is 0 Å². The maximum Gasteiger partial charge on any atom is 0.00142 e. The first kappa shape index (κ1) is 7.69. The third-order valence-electron chi connectivity index (χ3n) is 4.33. The van der Waals surface area contributed by atoms with Crippen LogP contribution in [0.25, 0.3) is 0 Å². The van der Waals surface area contributed by atoms with Crippen LogP contribution in [0.2, 0.25) is 0 Å². The van der Waals surface area contributed by atoms with Crippen LogP contribution in [0.1, 0.15) is 25.7 Å². The Balaban J connectivity index is 1.89. The fraction of sp³-hybridized carbons (Fsp3) is 1.00. The molecule has 3 fully saturated rings. The zero-order valence-electron chi connectivity index (χ0n) is 7.57. The van der Waals surface area contributed by atoms with E-state index < -0.39 is 0 Å². The molecular formula is C10H17NS. The van der Waals surface area contributed by atoms with E-state index in [4.69, 9.17) is 0 Å². The summed E-state index contributed by atoms with van der Waals surface area (Å²) in [6.07, 6.45) is 6.02. The molecule has 0 aromatic carbocycles. The lowest BCUT2D eigenvalue weighted by Gasteiger charge is -2.41. The average Bonchev–Trinajstić information content (AvgIpc) is 2.73. The van der Waals surface area contributed by atoms with Crippen LogP contribution < -0.4 is 5.32 Å². The van der Waals surface area contributed by atoms with E-state index in [0.717, 1.165) is 10.8 Å². The van der Waals surface area contributed by atoms with Crippen LogP contribution in [0.3, 0.4) is 0 Å². The van der Waals surface area contributed by atoms with Crippen molar-refractivity contribution in [2.24, 2.45) is 10.8 Å². The van der Waals surface area contributed by atoms with Gasteiger partial charge in [-0.25, -0.2) is 0 Å². The van der Waals surface area contributed by atoms with E-state index in [0.29, 0.717) is 0 Å². The summed E-state index contributed by atoms with van der Waals surface area (Å²) in [4.78, 5) is 0. The number of hydrogen-bond acceptors (Lipinski definition) is 2. The minimum Gasteiger partial charge on any atom is -0.316 e. The summed E-state index contributed by atoms with van der Waals surface area (Å²) >= 11 is 2.20. The highest BCUT2D eigenvalue weighted by Crippen LogP contribution is 2.66. The van der Waals surface area contributed by atoms with E-state index >= 15 is 0 Å². The SMILES string of the molecule is C1CC2(CCSCC23CC3)CN1. The third kappa shape index (κ3) is 0.856. The second-order valence-electron chi connectivity index (χ2n) is 4.79. The maximum absolute atomic E-state index is 3.57. The van der Waals surface area contributed by atoms with Crippen LogP contribution >= 0.6 is 11.8 Å². The fourth-order valence-electron chi connectivity index (χ4n) is 3.19. The van der Waals surface area contributed by atoms with Crippen LogP contribution in [0.5, 0.6) is 0 Å². The van der Waals surface area contributed by atoms with Gasteiger partial charge in [0.1, 0.15) is 0 Å². The largest absolute Gasteiger partial charge is 0.316 e. The smallest absolute Gasteiger partial charge is 0.00142 e. The summed E-state index contributed by atoms with van der Waals surface area (Å²) in [6, 6.07) is 0. The highest BCUT2D eigenvalue weighted by atomic mass is 32.2. The summed E-state index contributed by atoms with van der Waals surface area (Å²) in [7, 11) is 0. The summed E-state index contributed by atoms with van der Waals surface area (Å²) in [5, 5.41) is 3.57. The molecule has 1 saturated carbocycles. The van der Waals surface area contributed by atoms with Crippen molar-refractivity contribution >= 4 is 11.8 Å². The molecule has 12 heavy (non-hydrogen) atoms. The number of hydrogen-bond donors (Lipinski definition) is 1. The van der Waals surface area contributed by atoms with Gasteiger partial charge in [0.25, 0.3) is 0 Å². The van der Waals surface area contributed by atoms with Gasteiger partial charge in [-0.05, 0) is 54.6 Å². The summed E-state index contributed by atoms with van der Waals surface area (Å²) < 4.78 is 0. The first-order valence-corrected chi connectivity index (χ1v) is 6.31. The summed E-state index contributed by atoms with van der Waals surface area (Å²) in [6.45, 7) is 2.61. The van der Waals surface area contributed by atoms with Gasteiger partial charge in [-0.15, -0.1) is 0 Å². The Hall–Kier alpha value is 0.310. The number of fused-ring (bicyclic) bond motifs is 1. The molecule has 1 N–H and O–H groups in total. The van der Waals surface area contributed by atoms with Crippen LogP contribution in [0.15, 0.2) is 0 Å². The van der Waals surface area contributed by atoms with E-state index in [1.54, 1.807) is 0 Å². The van der Waals surface area contributed by atoms with Gasteiger partial charge in [-0.3, -0.25) is 0 Å². The quantitative estimate of drug-likeness (QED) is 0.615. The summed E-state index contributed by atoms with van der Waals surface area (Å²) in [5.41, 5.74) is 1.55. The van der Waals surface area contributed by atoms with E-state index in [1.807, 2.05) is 0 Å². The Kier molecular flexibility index (Phi) is 1.55. The molecule has 1 nitrogen and oxygen atoms in total. The third-order valence-corrected chi connectivity index (χ3v) is 5.58. The second-order valence-corrected chi connectivity index (χ2v) is 5.90. The van der Waals surface area contributed by atoms with Gasteiger partial charge < -0.3 is 5.32 Å². The normalized spacial score (nSPS) is 44.0. The highest BCUT2D eigenvalue weighted by Gasteiger charge is 2.60. The standard InChI is InChI=1S/C10H17NS/c1-2-10(1)8-12-6-4-9(10)3-5-11-7-9/h11H,1-8H2. The van der Waals surface area contributed by atoms with E-state index in [1.165, 1.54) is 50.3 Å². The molecule has 1 unspecified atom stereocenters. The summed E-state index contributed by atoms with van der Waals surface area (Å²) in [5.74, 6) is 2.89. The van der Waals surface area contributed by atoms with Crippen molar-refractivity contribution in [1.82, 2.24) is 5.32 Å². The minimum absolute atomic E-state index is 0.748. The Morgan fingerprint density at radius 3 is 2.58 bits per heavy atom. The molecule has 3 aliphatic rings. The number of thioether (sulfide) groups is 1. The molecule has 68 valence electrons. The Morgan fingerprint density at radius 2 is 1.92 bits per heavy atom. The molecule has 3 rings (SSSR count). The first-order valence-electron chi connectivity index (χ1n) is 5.16. The van der Waals surface area contributed by atoms with Crippen LogP contribution in [-0.4, -0.2) is 24.6 Å². The maximum atomic E-state index is 3.57. The van der Waals surface area contributed by atoms with E-state index in [-0.39, 0.29) is 0 Å². The van der Waals surface area contributed by atoms with Gasteiger partial charge in [0, 0.05) is 6.54 Å². The monoisotopic (exact) mass is 183 g/mol. The molecule has 0 radical (unpaired) electrons. The molecule has 2 aliphatic heterocycles. The number of rotatable bonds is 0. The molecule has 2 spiro atoms. The molecular weight excluding hydrogens is 166 g/mol. The molecule has 0 bridgehead atoms. The van der Waals surface area contributed by atoms with E-state index in [9.17, 15) is 0 Å². The lowest BCUT2D eigenvalue weighted by molar-refractivity contribution is 0.169. The van der Waals surface area contributed by atoms with Crippen molar-refractivity contribution < 1.29 is 0 Å². The van der Waals surface area contributed by atoms with Crippen molar-refractivity contribution in [3.8, 4) is 0 Å². The van der Waals surface area contributed by atoms with Crippen molar-refractivity contribution in [1.29, 1.82) is 0 Å². The lowest BCUT2D eigenvalue weighted by Crippen LogP contribution is -2.39. The first-order chi connectivity index (χ1) is 5.87. The highest BCUT2D eigenvalue weighted by molar-refractivity contribution is 7.99. The molecule has 0 aromatic heterocycles. The molecule has 2 saturated heterocycles. The van der Waals surface area contributed by atoms with Gasteiger partial charge in [0.15, 0.2) is 0 Å². The Morgan fingerprint density at radius 1 is 1.00 bits per heavy atom. The van der Waals surface area contributed by atoms with E-state index in [2.05, 4.69) is 17.1 Å². The zero-order valence-corrected chi connectivity index (χ0v) is 8.38. The van der Waals surface area contributed by atoms with Gasteiger partial charge in [-0.2, -0.15) is 11.8 Å². The van der Waals surface area contributed by atoms with Gasteiger partial charge in [-0.1, -0.05) is 0 Å². The predicted octanol–water partition coefficient (Wildman–Crippen LogP) is 1.88. The van der Waals surface area contributed by atoms with Gasteiger partial charge in [0.05, 0.1) is 0 Å². The average molecular weight is 183 g/mol. The van der Waals surface area contributed by atoms with Crippen LogP contribution in [0.4, 0.5) is 0 Å². The Labute approximate surface area is 78.7 Å².